The predicted molar refractivity (Wildman–Crippen MR) is 61.5 cm³/mol. The molecule has 0 aliphatic carbocycles. The molecular formula is C11H9ClFN3O. The van der Waals surface area contributed by atoms with Crippen molar-refractivity contribution >= 4 is 11.6 Å². The van der Waals surface area contributed by atoms with Gasteiger partial charge in [0.15, 0.2) is 5.82 Å². The normalized spacial score (nSPS) is 10.4. The fourth-order valence-electron chi connectivity index (χ4n) is 1.40. The Bertz CT molecular complexity index is 542. The first-order valence-electron chi connectivity index (χ1n) is 4.81. The minimum Gasteiger partial charge on any atom is -0.479 e. The average Bonchev–Trinajstić information content (AvgIpc) is 2.27. The van der Waals surface area contributed by atoms with E-state index in [2.05, 4.69) is 15.0 Å². The molecule has 0 aliphatic heterocycles. The molecular weight excluding hydrogens is 245 g/mol. The molecule has 0 spiro atoms. The standard InChI is InChI=1S/C11H9ClFN3O/c1-6-3-9(16-11(12)15-6)7-4-8(13)10(17-2)14-5-7/h3-5H,1-2H3. The van der Waals surface area contributed by atoms with E-state index in [0.717, 1.165) is 0 Å². The molecule has 0 saturated carbocycles. The van der Waals surface area contributed by atoms with Crippen molar-refractivity contribution in [2.45, 2.75) is 6.92 Å². The van der Waals surface area contributed by atoms with E-state index in [0.29, 0.717) is 17.0 Å². The molecule has 2 aromatic heterocycles. The molecule has 88 valence electrons. The Labute approximate surface area is 102 Å². The summed E-state index contributed by atoms with van der Waals surface area (Å²) in [5, 5.41) is 0.122. The molecule has 0 unspecified atom stereocenters. The SMILES string of the molecule is COc1ncc(-c2cc(C)nc(Cl)n2)cc1F. The van der Waals surface area contributed by atoms with Crippen molar-refractivity contribution in [2.75, 3.05) is 7.11 Å². The average molecular weight is 254 g/mol. The Balaban J connectivity index is 2.49. The molecule has 0 N–H and O–H groups in total. The number of aromatic nitrogens is 3. The second kappa shape index (κ2) is 4.63. The zero-order valence-electron chi connectivity index (χ0n) is 9.24. The van der Waals surface area contributed by atoms with Crippen molar-refractivity contribution in [2.24, 2.45) is 0 Å². The van der Waals surface area contributed by atoms with E-state index in [1.54, 1.807) is 13.0 Å². The third-order valence-electron chi connectivity index (χ3n) is 2.12. The smallest absolute Gasteiger partial charge is 0.250 e. The Morgan fingerprint density at radius 1 is 1.29 bits per heavy atom. The number of methoxy groups -OCH3 is 1. The van der Waals surface area contributed by atoms with Gasteiger partial charge in [0.25, 0.3) is 0 Å². The van der Waals surface area contributed by atoms with Crippen LogP contribution in [0, 0.1) is 12.7 Å². The van der Waals surface area contributed by atoms with Gasteiger partial charge in [0.05, 0.1) is 12.8 Å². The van der Waals surface area contributed by atoms with Gasteiger partial charge in [-0.25, -0.2) is 19.3 Å². The topological polar surface area (TPSA) is 47.9 Å². The number of halogens is 2. The Kier molecular flexibility index (Phi) is 3.19. The van der Waals surface area contributed by atoms with Crippen molar-refractivity contribution in [3.05, 3.63) is 35.1 Å². The van der Waals surface area contributed by atoms with Crippen LogP contribution in [-0.4, -0.2) is 22.1 Å². The molecule has 0 amide bonds. The van der Waals surface area contributed by atoms with Crippen molar-refractivity contribution in [3.8, 4) is 17.1 Å². The summed E-state index contributed by atoms with van der Waals surface area (Å²) in [5.41, 5.74) is 1.75. The number of ether oxygens (including phenoxy) is 1. The number of rotatable bonds is 2. The molecule has 0 radical (unpaired) electrons. The second-order valence-electron chi connectivity index (χ2n) is 3.38. The first-order chi connectivity index (χ1) is 8.10. The van der Waals surface area contributed by atoms with Gasteiger partial charge in [0.1, 0.15) is 0 Å². The van der Waals surface area contributed by atoms with Gasteiger partial charge >= 0.3 is 0 Å². The van der Waals surface area contributed by atoms with Gasteiger partial charge < -0.3 is 4.74 Å². The summed E-state index contributed by atoms with van der Waals surface area (Å²) >= 11 is 5.74. The number of pyridine rings is 1. The third-order valence-corrected chi connectivity index (χ3v) is 2.29. The van der Waals surface area contributed by atoms with Crippen LogP contribution in [0.2, 0.25) is 5.28 Å². The van der Waals surface area contributed by atoms with E-state index in [1.807, 2.05) is 0 Å². The lowest BCUT2D eigenvalue weighted by Crippen LogP contribution is -1.95. The van der Waals surface area contributed by atoms with Gasteiger partial charge in [-0.05, 0) is 30.7 Å². The highest BCUT2D eigenvalue weighted by molar-refractivity contribution is 6.28. The summed E-state index contributed by atoms with van der Waals surface area (Å²) in [5.74, 6) is -0.594. The van der Waals surface area contributed by atoms with Crippen LogP contribution in [0.5, 0.6) is 5.88 Å². The van der Waals surface area contributed by atoms with Gasteiger partial charge in [-0.1, -0.05) is 0 Å². The van der Waals surface area contributed by atoms with Crippen LogP contribution in [-0.2, 0) is 0 Å². The summed E-state index contributed by atoms with van der Waals surface area (Å²) in [6.07, 6.45) is 1.47. The van der Waals surface area contributed by atoms with Crippen molar-refractivity contribution in [3.63, 3.8) is 0 Å². The van der Waals surface area contributed by atoms with Gasteiger partial charge in [-0.3, -0.25) is 0 Å². The molecule has 0 aromatic carbocycles. The molecule has 2 heterocycles. The Morgan fingerprint density at radius 2 is 2.06 bits per heavy atom. The summed E-state index contributed by atoms with van der Waals surface area (Å²) in [6.45, 7) is 1.78. The largest absolute Gasteiger partial charge is 0.479 e. The monoisotopic (exact) mass is 253 g/mol. The molecule has 4 nitrogen and oxygen atoms in total. The highest BCUT2D eigenvalue weighted by Gasteiger charge is 2.09. The van der Waals surface area contributed by atoms with Crippen molar-refractivity contribution in [1.82, 2.24) is 15.0 Å². The van der Waals surface area contributed by atoms with Gasteiger partial charge in [-0.2, -0.15) is 0 Å². The lowest BCUT2D eigenvalue weighted by molar-refractivity contribution is 0.369. The van der Waals surface area contributed by atoms with Crippen LogP contribution in [0.25, 0.3) is 11.3 Å². The molecule has 2 rings (SSSR count). The minimum atomic E-state index is -0.544. The van der Waals surface area contributed by atoms with E-state index in [-0.39, 0.29) is 11.2 Å². The van der Waals surface area contributed by atoms with Gasteiger partial charge in [-0.15, -0.1) is 0 Å². The zero-order valence-corrected chi connectivity index (χ0v) is 9.99. The van der Waals surface area contributed by atoms with Crippen LogP contribution in [0.4, 0.5) is 4.39 Å². The van der Waals surface area contributed by atoms with Crippen LogP contribution < -0.4 is 4.74 Å². The maximum Gasteiger partial charge on any atom is 0.250 e. The zero-order chi connectivity index (χ0) is 12.4. The molecule has 0 aliphatic rings. The first-order valence-corrected chi connectivity index (χ1v) is 5.19. The Morgan fingerprint density at radius 3 is 2.65 bits per heavy atom. The molecule has 2 aromatic rings. The third kappa shape index (κ3) is 2.50. The van der Waals surface area contributed by atoms with E-state index < -0.39 is 5.82 Å². The van der Waals surface area contributed by atoms with E-state index in [1.165, 1.54) is 19.4 Å². The first kappa shape index (κ1) is 11.7. The van der Waals surface area contributed by atoms with Crippen molar-refractivity contribution < 1.29 is 9.13 Å². The lowest BCUT2D eigenvalue weighted by atomic mass is 10.2. The maximum atomic E-state index is 13.5. The summed E-state index contributed by atoms with van der Waals surface area (Å²) in [6, 6.07) is 3.00. The van der Waals surface area contributed by atoms with Crippen LogP contribution in [0.3, 0.4) is 0 Å². The van der Waals surface area contributed by atoms with Gasteiger partial charge in [0.2, 0.25) is 11.2 Å². The van der Waals surface area contributed by atoms with E-state index in [9.17, 15) is 4.39 Å². The highest BCUT2D eigenvalue weighted by Crippen LogP contribution is 2.22. The van der Waals surface area contributed by atoms with E-state index in [4.69, 9.17) is 16.3 Å². The minimum absolute atomic E-state index is 0.0503. The summed E-state index contributed by atoms with van der Waals surface area (Å²) < 4.78 is 18.2. The molecule has 6 heteroatoms. The number of aryl methyl sites for hydroxylation is 1. The quantitative estimate of drug-likeness (QED) is 0.772. The fourth-order valence-corrected chi connectivity index (χ4v) is 1.62. The number of hydrogen-bond acceptors (Lipinski definition) is 4. The van der Waals surface area contributed by atoms with Crippen LogP contribution in [0.15, 0.2) is 18.3 Å². The number of nitrogens with zero attached hydrogens (tertiary/aromatic N) is 3. The molecule has 17 heavy (non-hydrogen) atoms. The predicted octanol–water partition coefficient (Wildman–Crippen LogP) is 2.65. The molecule has 0 saturated heterocycles. The van der Waals surface area contributed by atoms with Gasteiger partial charge in [0, 0.05) is 17.5 Å². The van der Waals surface area contributed by atoms with Crippen molar-refractivity contribution in [1.29, 1.82) is 0 Å². The molecule has 0 bridgehead atoms. The lowest BCUT2D eigenvalue weighted by Gasteiger charge is -2.04. The highest BCUT2D eigenvalue weighted by atomic mass is 35.5. The maximum absolute atomic E-state index is 13.5. The fraction of sp³-hybridized carbons (Fsp3) is 0.182. The summed E-state index contributed by atoms with van der Waals surface area (Å²) in [7, 11) is 1.36. The second-order valence-corrected chi connectivity index (χ2v) is 3.72. The summed E-state index contributed by atoms with van der Waals surface area (Å²) in [4.78, 5) is 11.8. The Hall–Kier alpha value is -1.75. The van der Waals surface area contributed by atoms with E-state index >= 15 is 0 Å². The molecule has 0 atom stereocenters. The molecule has 0 fully saturated rings. The van der Waals surface area contributed by atoms with Crippen LogP contribution in [0.1, 0.15) is 5.69 Å². The number of hydrogen-bond donors (Lipinski definition) is 0. The van der Waals surface area contributed by atoms with Crippen LogP contribution >= 0.6 is 11.6 Å².